The van der Waals surface area contributed by atoms with Crippen LogP contribution in [0.2, 0.25) is 0 Å². The van der Waals surface area contributed by atoms with Gasteiger partial charge in [0.15, 0.2) is 0 Å². The van der Waals surface area contributed by atoms with Gasteiger partial charge < -0.3 is 40.2 Å². The van der Waals surface area contributed by atoms with Gasteiger partial charge in [-0.05, 0) is 70.8 Å². The van der Waals surface area contributed by atoms with E-state index in [-0.39, 0.29) is 11.9 Å². The van der Waals surface area contributed by atoms with E-state index in [1.54, 1.807) is 29.4 Å². The Morgan fingerprint density at radius 2 is 1.28 bits per heavy atom. The maximum Gasteiger partial charge on any atom is 0.407 e. The van der Waals surface area contributed by atoms with Gasteiger partial charge in [-0.25, -0.2) is 28.3 Å². The van der Waals surface area contributed by atoms with Gasteiger partial charge in [-0.1, -0.05) is 78.9 Å². The number of benzene rings is 4. The van der Waals surface area contributed by atoms with Crippen molar-refractivity contribution in [2.75, 3.05) is 20.2 Å². The van der Waals surface area contributed by atoms with Crippen molar-refractivity contribution in [3.63, 3.8) is 0 Å². The molecule has 314 valence electrons. The molecule has 0 spiro atoms. The molecule has 6 aromatic rings. The van der Waals surface area contributed by atoms with E-state index < -0.39 is 49.1 Å². The third-order valence-corrected chi connectivity index (χ3v) is 11.4. The normalized spacial score (nSPS) is 17.4. The van der Waals surface area contributed by atoms with E-state index in [0.29, 0.717) is 43.1 Å². The molecule has 5 N–H and O–H groups in total. The fourth-order valence-corrected chi connectivity index (χ4v) is 8.39. The molecule has 16 heteroatoms. The Bertz CT molecular complexity index is 2550. The van der Waals surface area contributed by atoms with Gasteiger partial charge >= 0.3 is 12.2 Å². The van der Waals surface area contributed by atoms with Crippen LogP contribution in [0, 0.1) is 0 Å². The van der Waals surface area contributed by atoms with Gasteiger partial charge in [-0.15, -0.1) is 0 Å². The van der Waals surface area contributed by atoms with Gasteiger partial charge in [0.1, 0.15) is 23.7 Å². The number of aromatic amines is 2. The number of rotatable bonds is 12. The van der Waals surface area contributed by atoms with Crippen LogP contribution < -0.4 is 10.6 Å². The molecular weight excluding hydrogens is 787 g/mol. The van der Waals surface area contributed by atoms with E-state index >= 15 is 0 Å². The van der Waals surface area contributed by atoms with Crippen LogP contribution in [0.5, 0.6) is 0 Å². The van der Waals surface area contributed by atoms with Crippen molar-refractivity contribution in [1.29, 1.82) is 0 Å². The summed E-state index contributed by atoms with van der Waals surface area (Å²) in [5, 5.41) is 15.8. The summed E-state index contributed by atoms with van der Waals surface area (Å²) < 4.78 is 31.2. The molecule has 61 heavy (non-hydrogen) atoms. The Labute approximate surface area is 349 Å². The number of fused-ring (bicyclic) bond motifs is 1. The molecular formula is C45H44F2N8O6. The maximum atomic E-state index is 13.9. The van der Waals surface area contributed by atoms with Crippen molar-refractivity contribution in [3.05, 3.63) is 121 Å². The number of hydrogen-bond acceptors (Lipinski definition) is 7. The second-order valence-corrected chi connectivity index (χ2v) is 15.2. The Morgan fingerprint density at radius 1 is 0.738 bits per heavy atom. The van der Waals surface area contributed by atoms with Crippen LogP contribution in [0.1, 0.15) is 67.4 Å². The lowest BCUT2D eigenvalue weighted by atomic mass is 9.98. The zero-order valence-electron chi connectivity index (χ0n) is 33.2. The van der Waals surface area contributed by atoms with Gasteiger partial charge in [0.05, 0.1) is 43.0 Å². The lowest BCUT2D eigenvalue weighted by Gasteiger charge is -2.28. The number of nitrogens with zero attached hydrogens (tertiary/aromatic N) is 4. The number of aromatic nitrogens is 4. The second-order valence-electron chi connectivity index (χ2n) is 15.2. The van der Waals surface area contributed by atoms with Crippen LogP contribution in [-0.2, 0) is 14.3 Å². The van der Waals surface area contributed by atoms with Crippen LogP contribution in [-0.4, -0.2) is 91.5 Å². The van der Waals surface area contributed by atoms with Gasteiger partial charge in [-0.2, -0.15) is 0 Å². The zero-order valence-corrected chi connectivity index (χ0v) is 33.2. The lowest BCUT2D eigenvalue weighted by molar-refractivity contribution is -0.135. The summed E-state index contributed by atoms with van der Waals surface area (Å²) in [6.07, 6.45) is 0.203. The standard InChI is InChI=1S/C45H44F2N8O6/c1-61-45(60)53-39(28-7-3-2-4-8-28)43(57)55-20-6-10-37(55)41-48-24-34(50-41)27-13-11-26(12-14-27)29-15-16-31-22-32(18-17-30(31)21-29)35-25-49-40(51-35)36-9-5-19-54(36)42(56)33(23-38(46)47)52-44(58)59/h2-4,7-8,11-18,21-22,24-25,33,36-39,52H,5-6,9-10,19-20,23H2,1H3,(H,48,50)(H,49,51)(H,53,60)(H,58,59)/t33-,36-,37-,39+/m0/s1. The summed E-state index contributed by atoms with van der Waals surface area (Å²) in [4.78, 5) is 69.7. The molecule has 4 amide bonds. The number of carboxylic acid groups (broad SMARTS) is 1. The first-order valence-corrected chi connectivity index (χ1v) is 20.1. The van der Waals surface area contributed by atoms with Gasteiger partial charge in [0.2, 0.25) is 12.3 Å². The van der Waals surface area contributed by atoms with Crippen molar-refractivity contribution >= 4 is 34.8 Å². The van der Waals surface area contributed by atoms with E-state index in [1.807, 2.05) is 59.9 Å². The zero-order chi connectivity index (χ0) is 42.6. The molecule has 14 nitrogen and oxygen atoms in total. The number of alkyl carbamates (subject to hydrolysis) is 1. The van der Waals surface area contributed by atoms with Crippen molar-refractivity contribution in [1.82, 2.24) is 40.4 Å². The summed E-state index contributed by atoms with van der Waals surface area (Å²) in [6, 6.07) is 26.3. The lowest BCUT2D eigenvalue weighted by Crippen LogP contribution is -2.49. The average molecular weight is 831 g/mol. The summed E-state index contributed by atoms with van der Waals surface area (Å²) in [5.74, 6) is 0.262. The number of hydrogen-bond donors (Lipinski definition) is 5. The number of halogens is 2. The quantitative estimate of drug-likeness (QED) is 0.0821. The fraction of sp³-hybridized carbons (Fsp3) is 0.289. The predicted molar refractivity (Wildman–Crippen MR) is 222 cm³/mol. The van der Waals surface area contributed by atoms with Crippen molar-refractivity contribution in [3.8, 4) is 33.6 Å². The molecule has 0 bridgehead atoms. The third kappa shape index (κ3) is 8.79. The number of H-pyrrole nitrogens is 2. The molecule has 2 fully saturated rings. The number of carbonyl (C=O) groups is 4. The van der Waals surface area contributed by atoms with Crippen LogP contribution in [0.3, 0.4) is 0 Å². The topological polar surface area (TPSA) is 186 Å². The maximum absolute atomic E-state index is 13.9. The molecule has 4 heterocycles. The van der Waals surface area contributed by atoms with Gasteiger partial charge in [-0.3, -0.25) is 9.59 Å². The molecule has 4 atom stereocenters. The minimum Gasteiger partial charge on any atom is -0.465 e. The first-order valence-electron chi connectivity index (χ1n) is 20.1. The first-order chi connectivity index (χ1) is 29.6. The highest BCUT2D eigenvalue weighted by Gasteiger charge is 2.38. The minimum atomic E-state index is -2.85. The molecule has 8 rings (SSSR count). The highest BCUT2D eigenvalue weighted by molar-refractivity contribution is 5.91. The number of amides is 4. The van der Waals surface area contributed by atoms with E-state index in [9.17, 15) is 28.0 Å². The molecule has 0 saturated carbocycles. The summed E-state index contributed by atoms with van der Waals surface area (Å²) in [5.41, 5.74) is 6.08. The third-order valence-electron chi connectivity index (χ3n) is 11.4. The highest BCUT2D eigenvalue weighted by atomic mass is 19.3. The smallest absolute Gasteiger partial charge is 0.407 e. The molecule has 2 aliphatic heterocycles. The summed E-state index contributed by atoms with van der Waals surface area (Å²) in [6.45, 7) is 0.844. The number of methoxy groups -OCH3 is 1. The molecule has 0 aliphatic carbocycles. The van der Waals surface area contributed by atoms with E-state index in [4.69, 9.17) is 9.84 Å². The molecule has 2 saturated heterocycles. The Hall–Kier alpha value is -7.10. The SMILES string of the molecule is COC(=O)N[C@@H](C(=O)N1CCC[C@H]1c1ncc(-c2ccc(-c3ccc4cc(-c5cnc([C@@H]6CCCN6C(=O)[C@H](CC(F)F)NC(=O)O)[nH]5)ccc4c3)cc2)[nH]1)c1ccccc1. The monoisotopic (exact) mass is 830 g/mol. The van der Waals surface area contributed by atoms with Crippen molar-refractivity contribution in [2.24, 2.45) is 0 Å². The number of alkyl halides is 2. The molecule has 2 aliphatic rings. The largest absolute Gasteiger partial charge is 0.465 e. The van der Waals surface area contributed by atoms with Crippen LogP contribution in [0.4, 0.5) is 18.4 Å². The second kappa shape index (κ2) is 17.6. The van der Waals surface area contributed by atoms with Gasteiger partial charge in [0.25, 0.3) is 5.91 Å². The Kier molecular flexibility index (Phi) is 11.8. The van der Waals surface area contributed by atoms with Crippen LogP contribution in [0.15, 0.2) is 103 Å². The molecule has 0 unspecified atom stereocenters. The van der Waals surface area contributed by atoms with Crippen molar-refractivity contribution < 1.29 is 37.8 Å². The average Bonchev–Trinajstić information content (AvgIpc) is 4.12. The van der Waals surface area contributed by atoms with Crippen molar-refractivity contribution in [2.45, 2.75) is 62.7 Å². The van der Waals surface area contributed by atoms with E-state index in [2.05, 4.69) is 49.5 Å². The molecule has 0 radical (unpaired) electrons. The number of ether oxygens (including phenoxy) is 1. The molecule has 2 aromatic heterocycles. The Morgan fingerprint density at radius 3 is 1.87 bits per heavy atom. The van der Waals surface area contributed by atoms with E-state index in [0.717, 1.165) is 57.3 Å². The van der Waals surface area contributed by atoms with E-state index in [1.165, 1.54) is 12.0 Å². The molecule has 4 aromatic carbocycles. The Balaban J connectivity index is 0.942. The summed E-state index contributed by atoms with van der Waals surface area (Å²) in [7, 11) is 1.27. The number of imidazole rings is 2. The minimum absolute atomic E-state index is 0.231. The van der Waals surface area contributed by atoms with Crippen LogP contribution >= 0.6 is 0 Å². The predicted octanol–water partition coefficient (Wildman–Crippen LogP) is 8.00. The van der Waals surface area contributed by atoms with Gasteiger partial charge in [0, 0.05) is 25.1 Å². The number of nitrogens with one attached hydrogen (secondary N) is 4. The summed E-state index contributed by atoms with van der Waals surface area (Å²) >= 11 is 0. The number of likely N-dealkylation sites (tertiary alicyclic amines) is 2. The first kappa shape index (κ1) is 40.7. The fourth-order valence-electron chi connectivity index (χ4n) is 8.39. The number of carbonyl (C=O) groups excluding carboxylic acids is 3. The highest BCUT2D eigenvalue weighted by Crippen LogP contribution is 2.36. The van der Waals surface area contributed by atoms with Crippen LogP contribution in [0.25, 0.3) is 44.4 Å².